The van der Waals surface area contributed by atoms with Gasteiger partial charge in [-0.15, -0.1) is 6.42 Å². The van der Waals surface area contributed by atoms with Crippen LogP contribution in [0.5, 0.6) is 0 Å². The third-order valence-corrected chi connectivity index (χ3v) is 4.19. The lowest BCUT2D eigenvalue weighted by Gasteiger charge is -2.40. The average Bonchev–Trinajstić information content (AvgIpc) is 2.57. The van der Waals surface area contributed by atoms with Crippen LogP contribution in [0.3, 0.4) is 0 Å². The van der Waals surface area contributed by atoms with Crippen LogP contribution in [0.2, 0.25) is 0 Å². The van der Waals surface area contributed by atoms with Gasteiger partial charge in [0.1, 0.15) is 11.9 Å². The fourth-order valence-corrected chi connectivity index (χ4v) is 2.64. The van der Waals surface area contributed by atoms with Crippen LogP contribution >= 0.6 is 0 Å². The second-order valence-electron chi connectivity index (χ2n) is 7.37. The molecule has 1 heterocycles. The average molecular weight is 342 g/mol. The zero-order valence-corrected chi connectivity index (χ0v) is 15.3. The molecule has 1 fully saturated rings. The zero-order chi connectivity index (χ0) is 18.6. The van der Waals surface area contributed by atoms with Crippen LogP contribution in [-0.2, 0) is 25.6 Å². The van der Waals surface area contributed by atoms with Gasteiger partial charge in [0, 0.05) is 5.92 Å². The molecule has 0 saturated carbocycles. The van der Waals surface area contributed by atoms with E-state index in [1.807, 2.05) is 37.3 Å². The number of rotatable bonds is 4. The minimum absolute atomic E-state index is 0.169. The predicted molar refractivity (Wildman–Crippen MR) is 96.4 cm³/mol. The lowest BCUT2D eigenvalue weighted by Crippen LogP contribution is -2.49. The first-order chi connectivity index (χ1) is 11.7. The van der Waals surface area contributed by atoms with E-state index in [1.54, 1.807) is 20.8 Å². The monoisotopic (exact) mass is 342 g/mol. The van der Waals surface area contributed by atoms with Crippen molar-refractivity contribution < 1.29 is 19.0 Å². The van der Waals surface area contributed by atoms with Gasteiger partial charge < -0.3 is 14.2 Å². The molecule has 1 aromatic carbocycles. The standard InChI is InChI=1S/C21H26O4/c1-7-17-19(23-13-16-11-9-8-10-12-16)14(2)18(15(3)24-17)25-20(22)21(4,5)6/h1,8-12,14,17-19H,3,13H2,2,4-6H3/t14-,17-,18-,19-/m1/s1. The highest BCUT2D eigenvalue weighted by atomic mass is 16.6. The van der Waals surface area contributed by atoms with Gasteiger partial charge in [0.05, 0.1) is 12.0 Å². The second kappa shape index (κ2) is 7.76. The van der Waals surface area contributed by atoms with E-state index in [0.29, 0.717) is 12.4 Å². The Hall–Kier alpha value is -2.25. The van der Waals surface area contributed by atoms with Gasteiger partial charge in [-0.25, -0.2) is 0 Å². The highest BCUT2D eigenvalue weighted by molar-refractivity contribution is 5.75. The molecule has 0 amide bonds. The summed E-state index contributed by atoms with van der Waals surface area (Å²) in [6.07, 6.45) is 4.06. The van der Waals surface area contributed by atoms with Crippen molar-refractivity contribution in [1.82, 2.24) is 0 Å². The maximum absolute atomic E-state index is 12.3. The van der Waals surface area contributed by atoms with Crippen molar-refractivity contribution in [1.29, 1.82) is 0 Å². The number of hydrogen-bond donors (Lipinski definition) is 0. The SMILES string of the molecule is C#C[C@H]1OC(=C)[C@H](OC(=O)C(C)(C)C)[C@@H](C)[C@H]1OCc1ccccc1. The number of carbonyl (C=O) groups excluding carboxylic acids is 1. The lowest BCUT2D eigenvalue weighted by atomic mass is 9.89. The zero-order valence-electron chi connectivity index (χ0n) is 15.3. The third kappa shape index (κ3) is 4.64. The van der Waals surface area contributed by atoms with Gasteiger partial charge in [-0.3, -0.25) is 4.79 Å². The van der Waals surface area contributed by atoms with E-state index >= 15 is 0 Å². The van der Waals surface area contributed by atoms with Gasteiger partial charge in [-0.2, -0.15) is 0 Å². The van der Waals surface area contributed by atoms with Crippen LogP contribution < -0.4 is 0 Å². The molecule has 25 heavy (non-hydrogen) atoms. The number of hydrogen-bond acceptors (Lipinski definition) is 4. The Kier molecular flexibility index (Phi) is 5.92. The molecule has 1 aliphatic rings. The molecule has 4 nitrogen and oxygen atoms in total. The summed E-state index contributed by atoms with van der Waals surface area (Å²) in [6.45, 7) is 11.6. The predicted octanol–water partition coefficient (Wildman–Crippen LogP) is 3.71. The van der Waals surface area contributed by atoms with E-state index in [0.717, 1.165) is 5.56 Å². The maximum Gasteiger partial charge on any atom is 0.311 e. The van der Waals surface area contributed by atoms with Crippen LogP contribution in [0.1, 0.15) is 33.3 Å². The summed E-state index contributed by atoms with van der Waals surface area (Å²) in [5.74, 6) is 2.50. The summed E-state index contributed by atoms with van der Waals surface area (Å²) < 4.78 is 17.4. The summed E-state index contributed by atoms with van der Waals surface area (Å²) >= 11 is 0. The Morgan fingerprint density at radius 3 is 2.52 bits per heavy atom. The molecular formula is C21H26O4. The highest BCUT2D eigenvalue weighted by Gasteiger charge is 2.44. The first-order valence-corrected chi connectivity index (χ1v) is 8.42. The summed E-state index contributed by atoms with van der Waals surface area (Å²) in [5, 5.41) is 0. The van der Waals surface area contributed by atoms with Crippen LogP contribution in [0, 0.1) is 23.7 Å². The van der Waals surface area contributed by atoms with Crippen molar-refractivity contribution in [3.63, 3.8) is 0 Å². The van der Waals surface area contributed by atoms with Crippen molar-refractivity contribution in [2.75, 3.05) is 0 Å². The lowest BCUT2D eigenvalue weighted by molar-refractivity contribution is -0.178. The number of carbonyl (C=O) groups is 1. The molecule has 0 aromatic heterocycles. The van der Waals surface area contributed by atoms with E-state index in [2.05, 4.69) is 12.5 Å². The summed E-state index contributed by atoms with van der Waals surface area (Å²) in [7, 11) is 0. The van der Waals surface area contributed by atoms with Gasteiger partial charge in [0.15, 0.2) is 12.2 Å². The Labute approximate surface area is 150 Å². The minimum atomic E-state index is -0.608. The number of esters is 1. The molecule has 0 N–H and O–H groups in total. The number of benzene rings is 1. The van der Waals surface area contributed by atoms with Crippen LogP contribution in [0.15, 0.2) is 42.7 Å². The fourth-order valence-electron chi connectivity index (χ4n) is 2.64. The van der Waals surface area contributed by atoms with E-state index in [9.17, 15) is 4.79 Å². The van der Waals surface area contributed by atoms with Gasteiger partial charge in [-0.1, -0.05) is 49.8 Å². The minimum Gasteiger partial charge on any atom is -0.476 e. The quantitative estimate of drug-likeness (QED) is 0.618. The van der Waals surface area contributed by atoms with Gasteiger partial charge in [-0.05, 0) is 26.3 Å². The maximum atomic E-state index is 12.3. The van der Waals surface area contributed by atoms with Crippen LogP contribution in [0.4, 0.5) is 0 Å². The molecule has 4 heteroatoms. The van der Waals surface area contributed by atoms with E-state index in [-0.39, 0.29) is 11.9 Å². The molecule has 1 aromatic rings. The molecular weight excluding hydrogens is 316 g/mol. The highest BCUT2D eigenvalue weighted by Crippen LogP contribution is 2.33. The molecule has 0 spiro atoms. The summed E-state index contributed by atoms with van der Waals surface area (Å²) in [4.78, 5) is 12.3. The van der Waals surface area contributed by atoms with E-state index in [4.69, 9.17) is 20.6 Å². The normalized spacial score (nSPS) is 26.4. The smallest absolute Gasteiger partial charge is 0.311 e. The van der Waals surface area contributed by atoms with Crippen molar-refractivity contribution in [2.45, 2.75) is 52.6 Å². The van der Waals surface area contributed by atoms with Crippen molar-refractivity contribution >= 4 is 5.97 Å². The number of terminal acetylenes is 1. The third-order valence-electron chi connectivity index (χ3n) is 4.19. The molecule has 0 aliphatic carbocycles. The Balaban J connectivity index is 2.12. The van der Waals surface area contributed by atoms with Gasteiger partial charge >= 0.3 is 5.97 Å². The second-order valence-corrected chi connectivity index (χ2v) is 7.37. The fraction of sp³-hybridized carbons (Fsp3) is 0.476. The molecule has 2 rings (SSSR count). The Bertz CT molecular complexity index is 651. The molecule has 134 valence electrons. The van der Waals surface area contributed by atoms with Gasteiger partial charge in [0.2, 0.25) is 0 Å². The molecule has 0 bridgehead atoms. The molecule has 1 saturated heterocycles. The number of ether oxygens (including phenoxy) is 3. The first kappa shape index (κ1) is 19.1. The Morgan fingerprint density at radius 2 is 1.96 bits per heavy atom. The topological polar surface area (TPSA) is 44.8 Å². The van der Waals surface area contributed by atoms with Gasteiger partial charge in [0.25, 0.3) is 0 Å². The van der Waals surface area contributed by atoms with Crippen molar-refractivity contribution in [3.05, 3.63) is 48.2 Å². The Morgan fingerprint density at radius 1 is 1.32 bits per heavy atom. The van der Waals surface area contributed by atoms with Crippen LogP contribution in [0.25, 0.3) is 0 Å². The van der Waals surface area contributed by atoms with Crippen LogP contribution in [-0.4, -0.2) is 24.3 Å². The van der Waals surface area contributed by atoms with E-state index < -0.39 is 23.7 Å². The molecule has 0 radical (unpaired) electrons. The van der Waals surface area contributed by atoms with Crippen molar-refractivity contribution in [2.24, 2.45) is 11.3 Å². The molecule has 1 aliphatic heterocycles. The largest absolute Gasteiger partial charge is 0.476 e. The van der Waals surface area contributed by atoms with Crippen molar-refractivity contribution in [3.8, 4) is 12.3 Å². The summed E-state index contributed by atoms with van der Waals surface area (Å²) in [5.41, 5.74) is 0.432. The first-order valence-electron chi connectivity index (χ1n) is 8.42. The molecule has 4 atom stereocenters. The van der Waals surface area contributed by atoms with E-state index in [1.165, 1.54) is 0 Å². The summed E-state index contributed by atoms with van der Waals surface area (Å²) in [6, 6.07) is 9.82. The molecule has 0 unspecified atom stereocenters.